The minimum Gasteiger partial charge on any atom is -0.355 e. The molecular formula is C13H18F2N2OS. The van der Waals surface area contributed by atoms with Crippen LogP contribution in [0.3, 0.4) is 0 Å². The van der Waals surface area contributed by atoms with E-state index in [-0.39, 0.29) is 18.5 Å². The Morgan fingerprint density at radius 1 is 1.32 bits per heavy atom. The smallest absolute Gasteiger partial charge is 0.288 e. The maximum absolute atomic E-state index is 12.2. The minimum atomic E-state index is -2.40. The molecule has 0 saturated carbocycles. The number of amides is 1. The summed E-state index contributed by atoms with van der Waals surface area (Å²) in [5, 5.41) is 5.77. The van der Waals surface area contributed by atoms with Crippen molar-refractivity contribution in [1.29, 1.82) is 0 Å². The Labute approximate surface area is 116 Å². The van der Waals surface area contributed by atoms with E-state index < -0.39 is 5.76 Å². The molecule has 19 heavy (non-hydrogen) atoms. The molecule has 0 aliphatic rings. The van der Waals surface area contributed by atoms with Crippen molar-refractivity contribution in [3.8, 4) is 0 Å². The van der Waals surface area contributed by atoms with Crippen molar-refractivity contribution in [2.75, 3.05) is 13.1 Å². The number of carbonyl (C=O) groups is 1. The first kappa shape index (κ1) is 15.9. The van der Waals surface area contributed by atoms with Gasteiger partial charge in [0.15, 0.2) is 0 Å². The van der Waals surface area contributed by atoms with Crippen molar-refractivity contribution in [3.05, 3.63) is 29.8 Å². The van der Waals surface area contributed by atoms with Crippen molar-refractivity contribution >= 4 is 17.7 Å². The van der Waals surface area contributed by atoms with Gasteiger partial charge in [-0.3, -0.25) is 4.79 Å². The van der Waals surface area contributed by atoms with Gasteiger partial charge in [-0.15, -0.1) is 0 Å². The lowest BCUT2D eigenvalue weighted by Crippen LogP contribution is -2.34. The van der Waals surface area contributed by atoms with E-state index in [9.17, 15) is 13.6 Å². The summed E-state index contributed by atoms with van der Waals surface area (Å²) in [7, 11) is 0. The van der Waals surface area contributed by atoms with Crippen molar-refractivity contribution in [3.63, 3.8) is 0 Å². The van der Waals surface area contributed by atoms with Crippen LogP contribution in [0.15, 0.2) is 29.2 Å². The van der Waals surface area contributed by atoms with E-state index >= 15 is 0 Å². The summed E-state index contributed by atoms with van der Waals surface area (Å²) in [5.74, 6) is -2.46. The molecule has 1 unspecified atom stereocenters. The molecule has 0 saturated heterocycles. The first-order chi connectivity index (χ1) is 9.02. The summed E-state index contributed by atoms with van der Waals surface area (Å²) in [4.78, 5) is 11.8. The monoisotopic (exact) mass is 288 g/mol. The molecule has 3 nitrogen and oxygen atoms in total. The highest BCUT2D eigenvalue weighted by molar-refractivity contribution is 7.99. The number of likely N-dealkylation sites (N-methyl/N-ethyl adjacent to an activating group) is 1. The predicted octanol–water partition coefficient (Wildman–Crippen LogP) is 2.79. The standard InChI is InChI=1S/C13H18F2N2OS/c1-3-16-12(18)8-17-9(2)10-4-6-11(7-5-10)19-13(14)15/h4-7,9,13,17H,3,8H2,1-2H3,(H,16,18). The second kappa shape index (κ2) is 8.12. The molecule has 0 radical (unpaired) electrons. The van der Waals surface area contributed by atoms with Gasteiger partial charge in [-0.05, 0) is 31.5 Å². The molecule has 1 amide bonds. The van der Waals surface area contributed by atoms with E-state index in [1.165, 1.54) is 0 Å². The number of hydrogen-bond donors (Lipinski definition) is 2. The van der Waals surface area contributed by atoms with Gasteiger partial charge < -0.3 is 10.6 Å². The van der Waals surface area contributed by atoms with Gasteiger partial charge in [0.2, 0.25) is 5.91 Å². The third-order valence-electron chi connectivity index (χ3n) is 2.55. The first-order valence-electron chi connectivity index (χ1n) is 6.07. The van der Waals surface area contributed by atoms with Crippen LogP contribution >= 0.6 is 11.8 Å². The Balaban J connectivity index is 2.48. The average Bonchev–Trinajstić information content (AvgIpc) is 2.36. The number of thioether (sulfide) groups is 1. The van der Waals surface area contributed by atoms with Crippen LogP contribution in [-0.2, 0) is 4.79 Å². The molecule has 0 aliphatic heterocycles. The number of hydrogen-bond acceptors (Lipinski definition) is 3. The van der Waals surface area contributed by atoms with E-state index in [1.807, 2.05) is 13.8 Å². The number of nitrogens with one attached hydrogen (secondary N) is 2. The lowest BCUT2D eigenvalue weighted by atomic mass is 10.1. The van der Waals surface area contributed by atoms with E-state index in [1.54, 1.807) is 24.3 Å². The second-order valence-electron chi connectivity index (χ2n) is 4.00. The molecule has 0 aliphatic carbocycles. The molecule has 0 fully saturated rings. The zero-order chi connectivity index (χ0) is 14.3. The minimum absolute atomic E-state index is 0.00629. The maximum atomic E-state index is 12.2. The van der Waals surface area contributed by atoms with Gasteiger partial charge in [0, 0.05) is 17.5 Å². The number of alkyl halides is 2. The number of rotatable bonds is 7. The van der Waals surface area contributed by atoms with Crippen molar-refractivity contribution in [2.45, 2.75) is 30.5 Å². The average molecular weight is 288 g/mol. The first-order valence-corrected chi connectivity index (χ1v) is 6.95. The van der Waals surface area contributed by atoms with Crippen LogP contribution in [-0.4, -0.2) is 24.8 Å². The zero-order valence-corrected chi connectivity index (χ0v) is 11.8. The Morgan fingerprint density at radius 3 is 2.47 bits per heavy atom. The highest BCUT2D eigenvalue weighted by Gasteiger charge is 2.09. The Bertz CT molecular complexity index is 398. The molecule has 0 aromatic heterocycles. The quantitative estimate of drug-likeness (QED) is 0.758. The Hall–Kier alpha value is -1.14. The molecule has 6 heteroatoms. The summed E-state index contributed by atoms with van der Waals surface area (Å²) in [5.41, 5.74) is 0.961. The van der Waals surface area contributed by atoms with Crippen molar-refractivity contribution in [1.82, 2.24) is 10.6 Å². The second-order valence-corrected chi connectivity index (χ2v) is 5.07. The lowest BCUT2D eigenvalue weighted by Gasteiger charge is -2.14. The van der Waals surface area contributed by atoms with E-state index in [4.69, 9.17) is 0 Å². The van der Waals surface area contributed by atoms with Crippen LogP contribution in [0.2, 0.25) is 0 Å². The summed E-state index contributed by atoms with van der Waals surface area (Å²) in [6.45, 7) is 4.63. The van der Waals surface area contributed by atoms with Gasteiger partial charge in [-0.2, -0.15) is 8.78 Å². The molecule has 1 rings (SSSR count). The summed E-state index contributed by atoms with van der Waals surface area (Å²) in [6.07, 6.45) is 0. The highest BCUT2D eigenvalue weighted by atomic mass is 32.2. The maximum Gasteiger partial charge on any atom is 0.288 e. The summed E-state index contributed by atoms with van der Waals surface area (Å²) in [6, 6.07) is 6.90. The van der Waals surface area contributed by atoms with Gasteiger partial charge in [0.1, 0.15) is 0 Å². The van der Waals surface area contributed by atoms with Crippen LogP contribution in [0, 0.1) is 0 Å². The van der Waals surface area contributed by atoms with Crippen LogP contribution in [0.25, 0.3) is 0 Å². The van der Waals surface area contributed by atoms with Crippen molar-refractivity contribution < 1.29 is 13.6 Å². The number of halogens is 2. The molecule has 106 valence electrons. The molecule has 2 N–H and O–H groups in total. The Kier molecular flexibility index (Phi) is 6.80. The molecule has 1 aromatic rings. The van der Waals surface area contributed by atoms with E-state index in [2.05, 4.69) is 10.6 Å². The lowest BCUT2D eigenvalue weighted by molar-refractivity contribution is -0.120. The zero-order valence-electron chi connectivity index (χ0n) is 11.0. The third-order valence-corrected chi connectivity index (χ3v) is 3.27. The normalized spacial score (nSPS) is 12.5. The molecule has 0 heterocycles. The fraction of sp³-hybridized carbons (Fsp3) is 0.462. The Morgan fingerprint density at radius 2 is 1.95 bits per heavy atom. The van der Waals surface area contributed by atoms with E-state index in [0.717, 1.165) is 5.56 Å². The van der Waals surface area contributed by atoms with Gasteiger partial charge in [0.25, 0.3) is 5.76 Å². The molecule has 0 spiro atoms. The summed E-state index contributed by atoms with van der Waals surface area (Å²) < 4.78 is 24.3. The van der Waals surface area contributed by atoms with Gasteiger partial charge in [-0.1, -0.05) is 23.9 Å². The molecule has 1 aromatic carbocycles. The van der Waals surface area contributed by atoms with E-state index in [0.29, 0.717) is 23.2 Å². The van der Waals surface area contributed by atoms with Crippen LogP contribution < -0.4 is 10.6 Å². The fourth-order valence-electron chi connectivity index (χ4n) is 1.56. The topological polar surface area (TPSA) is 41.1 Å². The van der Waals surface area contributed by atoms with Crippen molar-refractivity contribution in [2.24, 2.45) is 0 Å². The van der Waals surface area contributed by atoms with Gasteiger partial charge >= 0.3 is 0 Å². The number of benzene rings is 1. The number of carbonyl (C=O) groups excluding carboxylic acids is 1. The molecule has 0 bridgehead atoms. The fourth-order valence-corrected chi connectivity index (χ4v) is 2.06. The largest absolute Gasteiger partial charge is 0.355 e. The molecule has 1 atom stereocenters. The SMILES string of the molecule is CCNC(=O)CNC(C)c1ccc(SC(F)F)cc1. The van der Waals surface area contributed by atoms with Crippen LogP contribution in [0.1, 0.15) is 25.5 Å². The van der Waals surface area contributed by atoms with Gasteiger partial charge in [0.05, 0.1) is 6.54 Å². The summed E-state index contributed by atoms with van der Waals surface area (Å²) >= 11 is 0.526. The third kappa shape index (κ3) is 6.02. The van der Waals surface area contributed by atoms with Crippen LogP contribution in [0.5, 0.6) is 0 Å². The van der Waals surface area contributed by atoms with Crippen LogP contribution in [0.4, 0.5) is 8.78 Å². The molecular weight excluding hydrogens is 270 g/mol. The highest BCUT2D eigenvalue weighted by Crippen LogP contribution is 2.26. The van der Waals surface area contributed by atoms with Gasteiger partial charge in [-0.25, -0.2) is 0 Å². The predicted molar refractivity (Wildman–Crippen MR) is 73.4 cm³/mol.